The molecular weight excluding hydrogens is 566 g/mol. The van der Waals surface area contributed by atoms with E-state index in [0.717, 1.165) is 19.3 Å². The Morgan fingerprint density at radius 1 is 0.886 bits per heavy atom. The number of hydrogen-bond acceptors (Lipinski definition) is 8. The van der Waals surface area contributed by atoms with Gasteiger partial charge < -0.3 is 35.2 Å². The van der Waals surface area contributed by atoms with Crippen molar-refractivity contribution in [2.75, 3.05) is 19.7 Å². The first-order chi connectivity index (χ1) is 20.8. The molecule has 11 nitrogen and oxygen atoms in total. The van der Waals surface area contributed by atoms with Crippen LogP contribution in [-0.4, -0.2) is 70.3 Å². The highest BCUT2D eigenvalue weighted by atomic mass is 16.6. The monoisotopic (exact) mass is 613 g/mol. The third kappa shape index (κ3) is 12.5. The fraction of sp³-hybridized carbons (Fsp3) is 0.515. The Morgan fingerprint density at radius 3 is 2.07 bits per heavy atom. The van der Waals surface area contributed by atoms with Crippen molar-refractivity contribution in [3.8, 4) is 11.5 Å². The third-order valence-corrected chi connectivity index (χ3v) is 6.60. The molecule has 44 heavy (non-hydrogen) atoms. The van der Waals surface area contributed by atoms with Crippen LogP contribution >= 0.6 is 0 Å². The highest BCUT2D eigenvalue weighted by molar-refractivity contribution is 5.92. The quantitative estimate of drug-likeness (QED) is 0.156. The molecule has 3 amide bonds. The Hall–Kier alpha value is -4.28. The zero-order valence-electron chi connectivity index (χ0n) is 26.4. The average Bonchev–Trinajstić information content (AvgIpc) is 2.95. The summed E-state index contributed by atoms with van der Waals surface area (Å²) in [5, 5.41) is 25.1. The Labute approximate surface area is 259 Å². The third-order valence-electron chi connectivity index (χ3n) is 6.60. The highest BCUT2D eigenvalue weighted by Gasteiger charge is 2.36. The molecule has 2 unspecified atom stereocenters. The zero-order valence-corrected chi connectivity index (χ0v) is 26.4. The van der Waals surface area contributed by atoms with Gasteiger partial charge in [0.15, 0.2) is 0 Å². The second-order valence-corrected chi connectivity index (χ2v) is 11.5. The highest BCUT2D eigenvalue weighted by Crippen LogP contribution is 2.26. The number of rotatable bonds is 16. The second-order valence-electron chi connectivity index (χ2n) is 11.5. The molecule has 0 heterocycles. The summed E-state index contributed by atoms with van der Waals surface area (Å²) in [6, 6.07) is 10.0. The van der Waals surface area contributed by atoms with Crippen LogP contribution in [0.3, 0.4) is 0 Å². The summed E-state index contributed by atoms with van der Waals surface area (Å²) >= 11 is 0. The van der Waals surface area contributed by atoms with Crippen LogP contribution in [0.2, 0.25) is 0 Å². The molecule has 2 aromatic rings. The summed E-state index contributed by atoms with van der Waals surface area (Å²) in [6.45, 7) is 9.32. The molecule has 0 fully saturated rings. The maximum absolute atomic E-state index is 14.4. The van der Waals surface area contributed by atoms with Crippen LogP contribution in [0.25, 0.3) is 0 Å². The second kappa shape index (κ2) is 17.7. The van der Waals surface area contributed by atoms with Gasteiger partial charge in [-0.3, -0.25) is 14.4 Å². The fourth-order valence-electron chi connectivity index (χ4n) is 4.54. The van der Waals surface area contributed by atoms with E-state index < -0.39 is 41.6 Å². The lowest BCUT2D eigenvalue weighted by atomic mass is 9.99. The molecule has 0 aliphatic rings. The smallest absolute Gasteiger partial charge is 0.408 e. The van der Waals surface area contributed by atoms with Gasteiger partial charge in [-0.15, -0.1) is 0 Å². The first kappa shape index (κ1) is 35.9. The number of alkyl carbamates (subject to hydrolysis) is 1. The van der Waals surface area contributed by atoms with Crippen molar-refractivity contribution in [2.45, 2.75) is 90.8 Å². The minimum absolute atomic E-state index is 0.00277. The molecule has 242 valence electrons. The first-order valence-electron chi connectivity index (χ1n) is 15.1. The molecule has 0 spiro atoms. The van der Waals surface area contributed by atoms with E-state index in [-0.39, 0.29) is 44.0 Å². The van der Waals surface area contributed by atoms with E-state index in [9.17, 15) is 29.4 Å². The summed E-state index contributed by atoms with van der Waals surface area (Å²) in [7, 11) is 0. The van der Waals surface area contributed by atoms with E-state index in [4.69, 9.17) is 9.47 Å². The van der Waals surface area contributed by atoms with Gasteiger partial charge in [-0.25, -0.2) is 4.79 Å². The Morgan fingerprint density at radius 2 is 1.50 bits per heavy atom. The van der Waals surface area contributed by atoms with Crippen molar-refractivity contribution in [1.82, 2.24) is 15.5 Å². The van der Waals surface area contributed by atoms with Crippen molar-refractivity contribution in [2.24, 2.45) is 0 Å². The van der Waals surface area contributed by atoms with Crippen molar-refractivity contribution < 1.29 is 38.9 Å². The van der Waals surface area contributed by atoms with Crippen molar-refractivity contribution in [1.29, 1.82) is 0 Å². The molecule has 0 aliphatic carbocycles. The predicted octanol–water partition coefficient (Wildman–Crippen LogP) is 4.75. The SMILES string of the molecule is CCCCCCN(C(=O)C(Cc1ccc(O)cc1)NC(=O)OC(C)(C)C)C(C(=O)NCCC(=O)OCC)c1ccc(O)cc1. The molecule has 2 rings (SSSR count). The molecule has 2 atom stereocenters. The summed E-state index contributed by atoms with van der Waals surface area (Å²) in [5.41, 5.74) is 0.299. The van der Waals surface area contributed by atoms with Crippen LogP contribution in [0.1, 0.15) is 83.9 Å². The largest absolute Gasteiger partial charge is 0.508 e. The van der Waals surface area contributed by atoms with E-state index in [1.54, 1.807) is 52.0 Å². The first-order valence-corrected chi connectivity index (χ1v) is 15.1. The predicted molar refractivity (Wildman–Crippen MR) is 166 cm³/mol. The molecule has 2 aromatic carbocycles. The summed E-state index contributed by atoms with van der Waals surface area (Å²) in [6.07, 6.45) is 2.54. The minimum atomic E-state index is -1.13. The average molecular weight is 614 g/mol. The Balaban J connectivity index is 2.51. The molecule has 0 saturated heterocycles. The number of unbranched alkanes of at least 4 members (excludes halogenated alkanes) is 3. The minimum Gasteiger partial charge on any atom is -0.508 e. The van der Waals surface area contributed by atoms with Crippen molar-refractivity contribution in [3.05, 3.63) is 59.7 Å². The van der Waals surface area contributed by atoms with Gasteiger partial charge in [-0.1, -0.05) is 50.5 Å². The summed E-state index contributed by atoms with van der Waals surface area (Å²) < 4.78 is 10.4. The Bertz CT molecular complexity index is 1210. The maximum Gasteiger partial charge on any atom is 0.408 e. The number of phenolic OH excluding ortho intramolecular Hbond substituents is 2. The van der Waals surface area contributed by atoms with Gasteiger partial charge >= 0.3 is 12.1 Å². The number of nitrogens with one attached hydrogen (secondary N) is 2. The standard InChI is InChI=1S/C33H47N3O8/c1-6-8-9-10-21-36(29(24-13-17-26(38)18-14-24)30(40)34-20-19-28(39)43-7-2)31(41)27(35-32(42)44-33(3,4)5)22-23-11-15-25(37)16-12-23/h11-18,27,29,37-38H,6-10,19-22H2,1-5H3,(H,34,40)(H,35,42). The number of nitrogens with zero attached hydrogens (tertiary/aromatic N) is 1. The van der Waals surface area contributed by atoms with E-state index in [1.165, 1.54) is 29.2 Å². The van der Waals surface area contributed by atoms with Gasteiger partial charge in [0.1, 0.15) is 29.2 Å². The zero-order chi connectivity index (χ0) is 32.7. The van der Waals surface area contributed by atoms with Crippen LogP contribution in [0.15, 0.2) is 48.5 Å². The lowest BCUT2D eigenvalue weighted by molar-refractivity contribution is -0.144. The Kier molecular flexibility index (Phi) is 14.5. The van der Waals surface area contributed by atoms with E-state index in [1.807, 2.05) is 0 Å². The van der Waals surface area contributed by atoms with Crippen LogP contribution in [0.5, 0.6) is 11.5 Å². The lowest BCUT2D eigenvalue weighted by Gasteiger charge is -2.34. The van der Waals surface area contributed by atoms with Gasteiger partial charge in [0, 0.05) is 19.5 Å². The molecule has 0 aliphatic heterocycles. The van der Waals surface area contributed by atoms with E-state index in [2.05, 4.69) is 17.6 Å². The topological polar surface area (TPSA) is 154 Å². The molecule has 0 aromatic heterocycles. The number of hydrogen-bond donors (Lipinski definition) is 4. The number of phenols is 2. The molecule has 0 saturated carbocycles. The molecular formula is C33H47N3O8. The van der Waals surface area contributed by atoms with Crippen LogP contribution in [0, 0.1) is 0 Å². The maximum atomic E-state index is 14.4. The fourth-order valence-corrected chi connectivity index (χ4v) is 4.54. The normalized spacial score (nSPS) is 12.5. The lowest BCUT2D eigenvalue weighted by Crippen LogP contribution is -2.54. The summed E-state index contributed by atoms with van der Waals surface area (Å²) in [4.78, 5) is 54.5. The molecule has 0 bridgehead atoms. The van der Waals surface area contributed by atoms with Crippen LogP contribution in [0.4, 0.5) is 4.79 Å². The van der Waals surface area contributed by atoms with E-state index in [0.29, 0.717) is 17.5 Å². The summed E-state index contributed by atoms with van der Waals surface area (Å²) in [5.74, 6) is -1.45. The van der Waals surface area contributed by atoms with Gasteiger partial charge in [-0.2, -0.15) is 0 Å². The number of amides is 3. The van der Waals surface area contributed by atoms with Gasteiger partial charge in [0.25, 0.3) is 0 Å². The number of carbonyl (C=O) groups is 4. The number of ether oxygens (including phenoxy) is 2. The number of benzene rings is 2. The van der Waals surface area contributed by atoms with Gasteiger partial charge in [0.05, 0.1) is 13.0 Å². The van der Waals surface area contributed by atoms with E-state index >= 15 is 0 Å². The number of esters is 1. The molecule has 11 heteroatoms. The van der Waals surface area contributed by atoms with Crippen molar-refractivity contribution >= 4 is 23.9 Å². The molecule has 4 N–H and O–H groups in total. The van der Waals surface area contributed by atoms with Crippen LogP contribution in [-0.2, 0) is 30.3 Å². The molecule has 0 radical (unpaired) electrons. The number of carbonyl (C=O) groups excluding carboxylic acids is 4. The van der Waals surface area contributed by atoms with Gasteiger partial charge in [0.2, 0.25) is 11.8 Å². The van der Waals surface area contributed by atoms with Crippen LogP contribution < -0.4 is 10.6 Å². The van der Waals surface area contributed by atoms with Crippen molar-refractivity contribution in [3.63, 3.8) is 0 Å². The van der Waals surface area contributed by atoms with Gasteiger partial charge in [-0.05, 0) is 69.5 Å². The number of aromatic hydroxyl groups is 2.